The van der Waals surface area contributed by atoms with E-state index in [2.05, 4.69) is 35.8 Å². The maximum atomic E-state index is 5.98. The Balaban J connectivity index is 1.62. The van der Waals surface area contributed by atoms with Crippen LogP contribution in [0.2, 0.25) is 0 Å². The summed E-state index contributed by atoms with van der Waals surface area (Å²) < 4.78 is 21.9. The maximum absolute atomic E-state index is 5.98. The SMILES string of the molecule is CCNC(=NCc1ccc2c(c1)OCO2)NCc1ccc(C)cc1OCCCOC. The molecule has 0 aromatic heterocycles. The van der Waals surface area contributed by atoms with E-state index in [1.807, 2.05) is 25.1 Å². The molecule has 2 aromatic rings. The first-order chi connectivity index (χ1) is 14.7. The molecule has 0 saturated carbocycles. The van der Waals surface area contributed by atoms with Crippen molar-refractivity contribution in [3.05, 3.63) is 53.1 Å². The van der Waals surface area contributed by atoms with Gasteiger partial charge in [0.15, 0.2) is 17.5 Å². The van der Waals surface area contributed by atoms with Gasteiger partial charge in [-0.3, -0.25) is 0 Å². The van der Waals surface area contributed by atoms with Gasteiger partial charge >= 0.3 is 0 Å². The van der Waals surface area contributed by atoms with Crippen LogP contribution in [0.15, 0.2) is 41.4 Å². The second-order valence-corrected chi connectivity index (χ2v) is 7.04. The number of methoxy groups -OCH3 is 1. The molecule has 0 saturated heterocycles. The van der Waals surface area contributed by atoms with Crippen molar-refractivity contribution in [2.24, 2.45) is 4.99 Å². The molecule has 0 bridgehead atoms. The van der Waals surface area contributed by atoms with Crippen molar-refractivity contribution in [2.45, 2.75) is 33.4 Å². The molecule has 0 spiro atoms. The maximum Gasteiger partial charge on any atom is 0.231 e. The number of fused-ring (bicyclic) bond motifs is 1. The molecule has 2 aromatic carbocycles. The zero-order valence-corrected chi connectivity index (χ0v) is 18.0. The molecule has 0 unspecified atom stereocenters. The van der Waals surface area contributed by atoms with Crippen LogP contribution in [0.4, 0.5) is 0 Å². The molecular weight excluding hydrogens is 382 g/mol. The second-order valence-electron chi connectivity index (χ2n) is 7.04. The van der Waals surface area contributed by atoms with Crippen LogP contribution in [0.1, 0.15) is 30.0 Å². The first-order valence-corrected chi connectivity index (χ1v) is 10.3. The second kappa shape index (κ2) is 11.3. The van der Waals surface area contributed by atoms with E-state index in [1.54, 1.807) is 7.11 Å². The highest BCUT2D eigenvalue weighted by molar-refractivity contribution is 5.79. The first kappa shape index (κ1) is 21.8. The van der Waals surface area contributed by atoms with E-state index in [0.29, 0.717) is 26.3 Å². The summed E-state index contributed by atoms with van der Waals surface area (Å²) in [5, 5.41) is 6.69. The topological polar surface area (TPSA) is 73.3 Å². The highest BCUT2D eigenvalue weighted by atomic mass is 16.7. The molecule has 0 atom stereocenters. The Hall–Kier alpha value is -2.93. The van der Waals surface area contributed by atoms with Crippen LogP contribution in [-0.2, 0) is 17.8 Å². The van der Waals surface area contributed by atoms with E-state index < -0.39 is 0 Å². The number of aryl methyl sites for hydroxylation is 1. The average Bonchev–Trinajstić information content (AvgIpc) is 3.22. The lowest BCUT2D eigenvalue weighted by molar-refractivity contribution is 0.171. The number of nitrogens with zero attached hydrogens (tertiary/aromatic N) is 1. The van der Waals surface area contributed by atoms with Gasteiger partial charge in [0.1, 0.15) is 5.75 Å². The molecular formula is C23H31N3O4. The van der Waals surface area contributed by atoms with Gasteiger partial charge in [-0.2, -0.15) is 0 Å². The third-order valence-corrected chi connectivity index (χ3v) is 4.62. The zero-order valence-electron chi connectivity index (χ0n) is 18.0. The predicted molar refractivity (Wildman–Crippen MR) is 117 cm³/mol. The summed E-state index contributed by atoms with van der Waals surface area (Å²) in [6.45, 7) is 7.65. The molecule has 3 rings (SSSR count). The van der Waals surface area contributed by atoms with Crippen molar-refractivity contribution >= 4 is 5.96 Å². The molecule has 0 fully saturated rings. The quantitative estimate of drug-likeness (QED) is 0.353. The van der Waals surface area contributed by atoms with Gasteiger partial charge < -0.3 is 29.6 Å². The van der Waals surface area contributed by atoms with Gasteiger partial charge in [0.05, 0.1) is 13.2 Å². The minimum Gasteiger partial charge on any atom is -0.493 e. The minimum absolute atomic E-state index is 0.276. The Morgan fingerprint density at radius 3 is 2.77 bits per heavy atom. The van der Waals surface area contributed by atoms with Gasteiger partial charge in [-0.25, -0.2) is 4.99 Å². The van der Waals surface area contributed by atoms with Gasteiger partial charge in [-0.1, -0.05) is 18.2 Å². The molecule has 0 amide bonds. The third kappa shape index (κ3) is 6.29. The monoisotopic (exact) mass is 413 g/mol. The summed E-state index contributed by atoms with van der Waals surface area (Å²) in [7, 11) is 1.70. The summed E-state index contributed by atoms with van der Waals surface area (Å²) in [6.07, 6.45) is 0.858. The molecule has 1 aliphatic rings. The molecule has 162 valence electrons. The summed E-state index contributed by atoms with van der Waals surface area (Å²) in [5.74, 6) is 3.20. The molecule has 2 N–H and O–H groups in total. The molecule has 0 aliphatic carbocycles. The van der Waals surface area contributed by atoms with Gasteiger partial charge in [-0.15, -0.1) is 0 Å². The molecule has 1 heterocycles. The van der Waals surface area contributed by atoms with Crippen LogP contribution in [0.5, 0.6) is 17.2 Å². The van der Waals surface area contributed by atoms with Crippen molar-refractivity contribution in [3.8, 4) is 17.2 Å². The van der Waals surface area contributed by atoms with Crippen molar-refractivity contribution in [1.29, 1.82) is 0 Å². The summed E-state index contributed by atoms with van der Waals surface area (Å²) in [5.41, 5.74) is 3.32. The highest BCUT2D eigenvalue weighted by Gasteiger charge is 2.13. The van der Waals surface area contributed by atoms with E-state index in [9.17, 15) is 0 Å². The number of ether oxygens (including phenoxy) is 4. The fourth-order valence-electron chi connectivity index (χ4n) is 3.06. The van der Waals surface area contributed by atoms with E-state index in [0.717, 1.165) is 47.3 Å². The Labute approximate surface area is 178 Å². The molecule has 1 aliphatic heterocycles. The highest BCUT2D eigenvalue weighted by Crippen LogP contribution is 2.32. The van der Waals surface area contributed by atoms with Gasteiger partial charge in [0.25, 0.3) is 0 Å². The molecule has 7 nitrogen and oxygen atoms in total. The van der Waals surface area contributed by atoms with Crippen LogP contribution < -0.4 is 24.8 Å². The zero-order chi connectivity index (χ0) is 21.2. The van der Waals surface area contributed by atoms with Crippen molar-refractivity contribution in [1.82, 2.24) is 10.6 Å². The van der Waals surface area contributed by atoms with Gasteiger partial charge in [-0.05, 0) is 43.2 Å². The fourth-order valence-corrected chi connectivity index (χ4v) is 3.06. The Bertz CT molecular complexity index is 854. The lowest BCUT2D eigenvalue weighted by atomic mass is 10.1. The number of guanidine groups is 1. The minimum atomic E-state index is 0.276. The molecule has 0 radical (unpaired) electrons. The largest absolute Gasteiger partial charge is 0.493 e. The van der Waals surface area contributed by atoms with Gasteiger partial charge in [0.2, 0.25) is 6.79 Å². The number of aliphatic imine (C=N–C) groups is 1. The number of benzene rings is 2. The average molecular weight is 414 g/mol. The fraction of sp³-hybridized carbons (Fsp3) is 0.435. The van der Waals surface area contributed by atoms with E-state index in [4.69, 9.17) is 23.9 Å². The van der Waals surface area contributed by atoms with Crippen LogP contribution in [-0.4, -0.2) is 39.6 Å². The van der Waals surface area contributed by atoms with E-state index >= 15 is 0 Å². The predicted octanol–water partition coefficient (Wildman–Crippen LogP) is 3.39. The Morgan fingerprint density at radius 2 is 1.93 bits per heavy atom. The summed E-state index contributed by atoms with van der Waals surface area (Å²) >= 11 is 0. The summed E-state index contributed by atoms with van der Waals surface area (Å²) in [4.78, 5) is 4.70. The number of nitrogens with one attached hydrogen (secondary N) is 2. The summed E-state index contributed by atoms with van der Waals surface area (Å²) in [6, 6.07) is 12.2. The van der Waals surface area contributed by atoms with E-state index in [1.165, 1.54) is 5.56 Å². The Kier molecular flexibility index (Phi) is 8.20. The Morgan fingerprint density at radius 1 is 1.07 bits per heavy atom. The standard InChI is InChI=1S/C23H31N3O4/c1-4-24-23(25-14-18-7-9-20-22(13-18)30-16-29-20)26-15-19-8-6-17(2)12-21(19)28-11-5-10-27-3/h6-9,12-13H,4-5,10-11,14-16H2,1-3H3,(H2,24,25,26). The van der Waals surface area contributed by atoms with Crippen LogP contribution in [0.3, 0.4) is 0 Å². The number of hydrogen-bond acceptors (Lipinski definition) is 5. The lowest BCUT2D eigenvalue weighted by Gasteiger charge is -2.15. The van der Waals surface area contributed by atoms with Crippen LogP contribution >= 0.6 is 0 Å². The molecule has 30 heavy (non-hydrogen) atoms. The van der Waals surface area contributed by atoms with Crippen molar-refractivity contribution < 1.29 is 18.9 Å². The first-order valence-electron chi connectivity index (χ1n) is 10.3. The lowest BCUT2D eigenvalue weighted by Crippen LogP contribution is -2.36. The number of rotatable bonds is 10. The van der Waals surface area contributed by atoms with Crippen LogP contribution in [0.25, 0.3) is 0 Å². The van der Waals surface area contributed by atoms with Gasteiger partial charge in [0, 0.05) is 38.8 Å². The number of hydrogen-bond donors (Lipinski definition) is 2. The van der Waals surface area contributed by atoms with Crippen molar-refractivity contribution in [2.75, 3.05) is 33.7 Å². The van der Waals surface area contributed by atoms with E-state index in [-0.39, 0.29) is 6.79 Å². The molecule has 7 heteroatoms. The third-order valence-electron chi connectivity index (χ3n) is 4.62. The smallest absolute Gasteiger partial charge is 0.231 e. The van der Waals surface area contributed by atoms with Crippen molar-refractivity contribution in [3.63, 3.8) is 0 Å². The normalized spacial score (nSPS) is 12.7. The van der Waals surface area contributed by atoms with Crippen LogP contribution in [0, 0.1) is 6.92 Å².